The minimum absolute atomic E-state index is 0.211. The average molecular weight is 251 g/mol. The monoisotopic (exact) mass is 251 g/mol. The van der Waals surface area contributed by atoms with Crippen LogP contribution in [0.15, 0.2) is 18.2 Å². The number of rotatable bonds is 2. The highest BCUT2D eigenvalue weighted by atomic mass is 32.1. The Bertz CT molecular complexity index is 601. The van der Waals surface area contributed by atoms with Crippen LogP contribution in [0.25, 0.3) is 11.3 Å². The van der Waals surface area contributed by atoms with Gasteiger partial charge in [-0.3, -0.25) is 0 Å². The quantitative estimate of drug-likeness (QED) is 0.891. The average Bonchev–Trinajstić information content (AvgIpc) is 2.76. The van der Waals surface area contributed by atoms with Crippen LogP contribution in [0.3, 0.4) is 0 Å². The van der Waals surface area contributed by atoms with Crippen molar-refractivity contribution >= 4 is 11.3 Å². The van der Waals surface area contributed by atoms with Crippen molar-refractivity contribution in [2.45, 2.75) is 6.54 Å². The van der Waals surface area contributed by atoms with Gasteiger partial charge in [-0.2, -0.15) is 5.26 Å². The van der Waals surface area contributed by atoms with Crippen LogP contribution in [0, 0.1) is 23.0 Å². The van der Waals surface area contributed by atoms with E-state index in [-0.39, 0.29) is 6.54 Å². The van der Waals surface area contributed by atoms with Crippen molar-refractivity contribution in [3.63, 3.8) is 0 Å². The maximum absolute atomic E-state index is 13.1. The van der Waals surface area contributed by atoms with E-state index in [0.29, 0.717) is 21.1 Å². The number of nitrogens with two attached hydrogens (primary N) is 1. The van der Waals surface area contributed by atoms with Crippen LogP contribution in [0.2, 0.25) is 0 Å². The topological polar surface area (TPSA) is 62.7 Å². The Labute approximate surface area is 100 Å². The second-order valence-corrected chi connectivity index (χ2v) is 4.31. The number of benzene rings is 1. The molecule has 0 fully saturated rings. The highest BCUT2D eigenvalue weighted by molar-refractivity contribution is 7.12. The highest BCUT2D eigenvalue weighted by Gasteiger charge is 2.13. The molecule has 2 aromatic rings. The van der Waals surface area contributed by atoms with Crippen LogP contribution in [0.1, 0.15) is 9.88 Å². The maximum Gasteiger partial charge on any atom is 0.159 e. The molecule has 1 aromatic heterocycles. The molecule has 2 rings (SSSR count). The van der Waals surface area contributed by atoms with Gasteiger partial charge in [-0.05, 0) is 18.2 Å². The molecule has 1 heterocycles. The number of hydrogen-bond acceptors (Lipinski definition) is 4. The van der Waals surface area contributed by atoms with Gasteiger partial charge in [0.2, 0.25) is 0 Å². The molecule has 0 amide bonds. The lowest BCUT2D eigenvalue weighted by Crippen LogP contribution is -1.94. The number of thiazole rings is 1. The van der Waals surface area contributed by atoms with E-state index >= 15 is 0 Å². The van der Waals surface area contributed by atoms with E-state index < -0.39 is 11.6 Å². The van der Waals surface area contributed by atoms with E-state index in [9.17, 15) is 8.78 Å². The van der Waals surface area contributed by atoms with Gasteiger partial charge in [-0.25, -0.2) is 13.8 Å². The number of hydrogen-bond donors (Lipinski definition) is 1. The zero-order valence-electron chi connectivity index (χ0n) is 8.58. The van der Waals surface area contributed by atoms with Crippen LogP contribution in [0.4, 0.5) is 8.78 Å². The first kappa shape index (κ1) is 11.6. The molecule has 0 aliphatic rings. The summed E-state index contributed by atoms with van der Waals surface area (Å²) in [5.74, 6) is -1.89. The molecule has 0 bridgehead atoms. The zero-order chi connectivity index (χ0) is 12.4. The van der Waals surface area contributed by atoms with Gasteiger partial charge in [0.1, 0.15) is 16.0 Å². The normalized spacial score (nSPS) is 10.2. The van der Waals surface area contributed by atoms with Crippen LogP contribution in [0.5, 0.6) is 0 Å². The second kappa shape index (κ2) is 4.57. The zero-order valence-corrected chi connectivity index (χ0v) is 9.39. The van der Waals surface area contributed by atoms with Crippen LogP contribution in [-0.2, 0) is 6.54 Å². The lowest BCUT2D eigenvalue weighted by atomic mass is 10.1. The van der Waals surface area contributed by atoms with Gasteiger partial charge in [0.25, 0.3) is 0 Å². The van der Waals surface area contributed by atoms with E-state index in [2.05, 4.69) is 4.98 Å². The largest absolute Gasteiger partial charge is 0.325 e. The van der Waals surface area contributed by atoms with E-state index in [0.717, 1.165) is 23.5 Å². The smallest absolute Gasteiger partial charge is 0.159 e. The Morgan fingerprint density at radius 1 is 1.35 bits per heavy atom. The summed E-state index contributed by atoms with van der Waals surface area (Å²) in [5.41, 5.74) is 6.14. The van der Waals surface area contributed by atoms with Crippen LogP contribution in [-0.4, -0.2) is 4.98 Å². The fourth-order valence-corrected chi connectivity index (χ4v) is 2.13. The molecular weight excluding hydrogens is 244 g/mol. The molecule has 0 unspecified atom stereocenters. The Balaban J connectivity index is 2.56. The SMILES string of the molecule is N#Cc1sc(CN)nc1-c1ccc(F)c(F)c1. The number of halogens is 2. The molecule has 0 atom stereocenters. The molecule has 0 radical (unpaired) electrons. The Morgan fingerprint density at radius 3 is 2.71 bits per heavy atom. The molecule has 0 aliphatic heterocycles. The lowest BCUT2D eigenvalue weighted by molar-refractivity contribution is 0.509. The summed E-state index contributed by atoms with van der Waals surface area (Å²) < 4.78 is 25.9. The first-order valence-corrected chi connectivity index (χ1v) is 5.52. The third-order valence-electron chi connectivity index (χ3n) is 2.14. The summed E-state index contributed by atoms with van der Waals surface area (Å²) >= 11 is 1.15. The highest BCUT2D eigenvalue weighted by Crippen LogP contribution is 2.28. The number of nitriles is 1. The van der Waals surface area contributed by atoms with Crippen LogP contribution < -0.4 is 5.73 Å². The van der Waals surface area contributed by atoms with Gasteiger partial charge in [0.05, 0.1) is 5.69 Å². The summed E-state index contributed by atoms with van der Waals surface area (Å²) in [6.07, 6.45) is 0. The summed E-state index contributed by atoms with van der Waals surface area (Å²) in [5, 5.41) is 9.51. The predicted molar refractivity (Wildman–Crippen MR) is 60.1 cm³/mol. The summed E-state index contributed by atoms with van der Waals surface area (Å²) in [4.78, 5) is 4.47. The van der Waals surface area contributed by atoms with E-state index in [1.807, 2.05) is 6.07 Å². The Hall–Kier alpha value is -1.84. The summed E-state index contributed by atoms with van der Waals surface area (Å²) in [6.45, 7) is 0.211. The minimum Gasteiger partial charge on any atom is -0.325 e. The molecule has 6 heteroatoms. The maximum atomic E-state index is 13.1. The molecular formula is C11H7F2N3S. The first-order chi connectivity index (χ1) is 8.15. The third kappa shape index (κ3) is 2.16. The summed E-state index contributed by atoms with van der Waals surface area (Å²) in [7, 11) is 0. The van der Waals surface area contributed by atoms with Crippen molar-refractivity contribution in [2.24, 2.45) is 5.73 Å². The molecule has 1 aromatic carbocycles. The Morgan fingerprint density at radius 2 is 2.12 bits per heavy atom. The van der Waals surface area contributed by atoms with Crippen LogP contribution >= 0.6 is 11.3 Å². The molecule has 2 N–H and O–H groups in total. The first-order valence-electron chi connectivity index (χ1n) is 4.71. The molecule has 0 saturated carbocycles. The standard InChI is InChI=1S/C11H7F2N3S/c12-7-2-1-6(3-8(7)13)11-9(4-14)17-10(5-15)16-11/h1-3H,5,15H2. The lowest BCUT2D eigenvalue weighted by Gasteiger charge is -1.98. The van der Waals surface area contributed by atoms with Gasteiger partial charge < -0.3 is 5.73 Å². The van der Waals surface area contributed by atoms with Crippen molar-refractivity contribution in [2.75, 3.05) is 0 Å². The molecule has 0 saturated heterocycles. The second-order valence-electron chi connectivity index (χ2n) is 3.23. The predicted octanol–water partition coefficient (Wildman–Crippen LogP) is 2.42. The summed E-state index contributed by atoms with van der Waals surface area (Å²) in [6, 6.07) is 5.38. The Kier molecular flexibility index (Phi) is 3.13. The van der Waals surface area contributed by atoms with E-state index in [1.54, 1.807) is 0 Å². The number of nitrogens with zero attached hydrogens (tertiary/aromatic N) is 2. The molecule has 17 heavy (non-hydrogen) atoms. The van der Waals surface area contributed by atoms with Crippen molar-refractivity contribution in [1.29, 1.82) is 5.26 Å². The fourth-order valence-electron chi connectivity index (χ4n) is 1.37. The van der Waals surface area contributed by atoms with Gasteiger partial charge in [0.15, 0.2) is 11.6 Å². The number of aromatic nitrogens is 1. The van der Waals surface area contributed by atoms with E-state index in [1.165, 1.54) is 6.07 Å². The van der Waals surface area contributed by atoms with Gasteiger partial charge in [-0.1, -0.05) is 0 Å². The molecule has 3 nitrogen and oxygen atoms in total. The minimum atomic E-state index is -0.964. The van der Waals surface area contributed by atoms with Gasteiger partial charge in [0, 0.05) is 12.1 Å². The fraction of sp³-hybridized carbons (Fsp3) is 0.0909. The van der Waals surface area contributed by atoms with E-state index in [4.69, 9.17) is 11.0 Å². The third-order valence-corrected chi connectivity index (χ3v) is 3.12. The molecule has 86 valence electrons. The van der Waals surface area contributed by atoms with Crippen molar-refractivity contribution in [3.8, 4) is 17.3 Å². The molecule has 0 aliphatic carbocycles. The van der Waals surface area contributed by atoms with Gasteiger partial charge in [-0.15, -0.1) is 11.3 Å². The molecule has 0 spiro atoms. The van der Waals surface area contributed by atoms with Gasteiger partial charge >= 0.3 is 0 Å². The van der Waals surface area contributed by atoms with Crippen molar-refractivity contribution in [1.82, 2.24) is 4.98 Å². The van der Waals surface area contributed by atoms with Crippen molar-refractivity contribution in [3.05, 3.63) is 39.7 Å². The van der Waals surface area contributed by atoms with Crippen molar-refractivity contribution < 1.29 is 8.78 Å².